The van der Waals surface area contributed by atoms with Gasteiger partial charge in [-0.1, -0.05) is 0 Å². The molecular weight excluding hydrogens is 284 g/mol. The Morgan fingerprint density at radius 2 is 2.29 bits per heavy atom. The van der Waals surface area contributed by atoms with E-state index < -0.39 is 0 Å². The third kappa shape index (κ3) is 3.44. The molecule has 5 nitrogen and oxygen atoms in total. The summed E-state index contributed by atoms with van der Waals surface area (Å²) in [5, 5.41) is 5.42. The first-order chi connectivity index (χ1) is 10.3. The molecule has 0 radical (unpaired) electrons. The van der Waals surface area contributed by atoms with E-state index in [-0.39, 0.29) is 11.9 Å². The monoisotopic (exact) mass is 308 g/mol. The molecule has 1 unspecified atom stereocenters. The van der Waals surface area contributed by atoms with Gasteiger partial charge < -0.3 is 10.2 Å². The number of amides is 1. The van der Waals surface area contributed by atoms with Crippen LogP contribution in [0.2, 0.25) is 0 Å². The minimum Gasteiger partial charge on any atom is -0.338 e. The van der Waals surface area contributed by atoms with Crippen LogP contribution in [0.4, 0.5) is 0 Å². The van der Waals surface area contributed by atoms with Crippen LogP contribution in [0.5, 0.6) is 0 Å². The van der Waals surface area contributed by atoms with E-state index in [1.807, 2.05) is 22.8 Å². The number of hydrogen-bond donors (Lipinski definition) is 1. The Morgan fingerprint density at radius 1 is 1.48 bits per heavy atom. The molecule has 2 aliphatic heterocycles. The second-order valence-corrected chi connectivity index (χ2v) is 6.77. The highest BCUT2D eigenvalue weighted by molar-refractivity contribution is 7.07. The van der Waals surface area contributed by atoms with Gasteiger partial charge >= 0.3 is 0 Å². The summed E-state index contributed by atoms with van der Waals surface area (Å²) in [6.07, 6.45) is 4.48. The number of rotatable bonds is 4. The van der Waals surface area contributed by atoms with Gasteiger partial charge in [0.25, 0.3) is 0 Å². The fraction of sp³-hybridized carbons (Fsp3) is 0.733. The molecule has 21 heavy (non-hydrogen) atoms. The topological polar surface area (TPSA) is 48.5 Å². The first-order valence-corrected chi connectivity index (χ1v) is 8.78. The van der Waals surface area contributed by atoms with Crippen LogP contribution in [0, 0.1) is 0 Å². The van der Waals surface area contributed by atoms with Gasteiger partial charge in [0.05, 0.1) is 23.8 Å². The summed E-state index contributed by atoms with van der Waals surface area (Å²) in [6, 6.07) is 0.659. The van der Waals surface area contributed by atoms with Crippen LogP contribution in [0.1, 0.15) is 31.4 Å². The average molecular weight is 308 g/mol. The van der Waals surface area contributed by atoms with Gasteiger partial charge in [0.15, 0.2) is 0 Å². The third-order valence-electron chi connectivity index (χ3n) is 4.62. The predicted octanol–water partition coefficient (Wildman–Crippen LogP) is 1.32. The molecule has 0 saturated carbocycles. The van der Waals surface area contributed by atoms with E-state index in [0.29, 0.717) is 12.6 Å². The van der Waals surface area contributed by atoms with Crippen molar-refractivity contribution < 1.29 is 4.79 Å². The van der Waals surface area contributed by atoms with E-state index >= 15 is 0 Å². The van der Waals surface area contributed by atoms with Gasteiger partial charge in [-0.25, -0.2) is 4.98 Å². The van der Waals surface area contributed by atoms with Crippen molar-refractivity contribution in [3.05, 3.63) is 16.6 Å². The highest BCUT2D eigenvalue weighted by Crippen LogP contribution is 2.25. The molecule has 0 aliphatic carbocycles. The number of hydrogen-bond acceptors (Lipinski definition) is 5. The molecule has 2 aliphatic rings. The lowest BCUT2D eigenvalue weighted by molar-refractivity contribution is -0.136. The number of carbonyl (C=O) groups is 1. The molecule has 2 fully saturated rings. The van der Waals surface area contributed by atoms with Gasteiger partial charge in [0.2, 0.25) is 5.91 Å². The maximum atomic E-state index is 12.8. The van der Waals surface area contributed by atoms with E-state index in [4.69, 9.17) is 0 Å². The Balaban J connectivity index is 1.62. The summed E-state index contributed by atoms with van der Waals surface area (Å²) in [5.41, 5.74) is 2.81. The highest BCUT2D eigenvalue weighted by Gasteiger charge is 2.37. The van der Waals surface area contributed by atoms with E-state index in [1.165, 1.54) is 12.8 Å². The van der Waals surface area contributed by atoms with E-state index in [9.17, 15) is 4.79 Å². The zero-order valence-electron chi connectivity index (χ0n) is 12.6. The number of nitrogens with zero attached hydrogens (tertiary/aromatic N) is 3. The zero-order valence-corrected chi connectivity index (χ0v) is 13.4. The largest absolute Gasteiger partial charge is 0.338 e. The van der Waals surface area contributed by atoms with Crippen molar-refractivity contribution in [2.24, 2.45) is 0 Å². The van der Waals surface area contributed by atoms with Crippen molar-refractivity contribution in [1.29, 1.82) is 0 Å². The van der Waals surface area contributed by atoms with Gasteiger partial charge in [0.1, 0.15) is 0 Å². The Bertz CT molecular complexity index is 458. The number of likely N-dealkylation sites (tertiary alicyclic amines) is 1. The SMILES string of the molecule is CN(Cc1cscn1)C(=O)C1CCCN1C1CCNCC1. The van der Waals surface area contributed by atoms with Crippen LogP contribution in [-0.4, -0.2) is 59.5 Å². The van der Waals surface area contributed by atoms with Crippen molar-refractivity contribution >= 4 is 17.2 Å². The summed E-state index contributed by atoms with van der Waals surface area (Å²) in [5.74, 6) is 0.263. The molecule has 1 amide bonds. The smallest absolute Gasteiger partial charge is 0.240 e. The number of likely N-dealkylation sites (N-methyl/N-ethyl adjacent to an activating group) is 1. The average Bonchev–Trinajstić information content (AvgIpc) is 3.18. The fourth-order valence-corrected chi connectivity index (χ4v) is 4.07. The number of piperidine rings is 1. The maximum Gasteiger partial charge on any atom is 0.240 e. The standard InChI is InChI=1S/C15H24N4OS/c1-18(9-12-10-21-11-17-12)15(20)14-3-2-8-19(14)13-4-6-16-7-5-13/h10-11,13-14,16H,2-9H2,1H3. The van der Waals surface area contributed by atoms with Crippen LogP contribution in [0.25, 0.3) is 0 Å². The second kappa shape index (κ2) is 6.85. The van der Waals surface area contributed by atoms with E-state index in [0.717, 1.165) is 38.2 Å². The maximum absolute atomic E-state index is 12.8. The minimum absolute atomic E-state index is 0.0803. The molecule has 1 atom stereocenters. The first-order valence-electron chi connectivity index (χ1n) is 7.84. The summed E-state index contributed by atoms with van der Waals surface area (Å²) < 4.78 is 0. The Labute approximate surface area is 130 Å². The van der Waals surface area contributed by atoms with Crippen LogP contribution in [0.15, 0.2) is 10.9 Å². The summed E-state index contributed by atoms with van der Waals surface area (Å²) in [6.45, 7) is 3.86. The van der Waals surface area contributed by atoms with Crippen molar-refractivity contribution in [2.45, 2.75) is 44.3 Å². The Morgan fingerprint density at radius 3 is 3.00 bits per heavy atom. The van der Waals surface area contributed by atoms with Crippen molar-refractivity contribution in [2.75, 3.05) is 26.7 Å². The van der Waals surface area contributed by atoms with Crippen LogP contribution in [0.3, 0.4) is 0 Å². The first kappa shape index (κ1) is 14.9. The number of aromatic nitrogens is 1. The van der Waals surface area contributed by atoms with Gasteiger partial charge in [-0.2, -0.15) is 0 Å². The second-order valence-electron chi connectivity index (χ2n) is 6.05. The summed E-state index contributed by atoms with van der Waals surface area (Å²) in [4.78, 5) is 21.4. The Hall–Kier alpha value is -0.980. The van der Waals surface area contributed by atoms with E-state index in [2.05, 4.69) is 15.2 Å². The lowest BCUT2D eigenvalue weighted by atomic mass is 10.0. The molecule has 6 heteroatoms. The zero-order chi connectivity index (χ0) is 14.7. The molecule has 3 rings (SSSR count). The van der Waals surface area contributed by atoms with Gasteiger partial charge in [-0.3, -0.25) is 9.69 Å². The summed E-state index contributed by atoms with van der Waals surface area (Å²) >= 11 is 1.58. The number of thiazole rings is 1. The normalized spacial score (nSPS) is 24.3. The van der Waals surface area contributed by atoms with Crippen molar-refractivity contribution in [1.82, 2.24) is 20.1 Å². The predicted molar refractivity (Wildman–Crippen MR) is 84.2 cm³/mol. The number of carbonyl (C=O) groups excluding carboxylic acids is 1. The molecule has 1 aromatic heterocycles. The highest BCUT2D eigenvalue weighted by atomic mass is 32.1. The minimum atomic E-state index is 0.0803. The molecule has 3 heterocycles. The van der Waals surface area contributed by atoms with Crippen LogP contribution < -0.4 is 5.32 Å². The lowest BCUT2D eigenvalue weighted by Crippen LogP contribution is -2.50. The molecular formula is C15H24N4OS. The van der Waals surface area contributed by atoms with Crippen molar-refractivity contribution in [3.8, 4) is 0 Å². The molecule has 0 spiro atoms. The van der Waals surface area contributed by atoms with Crippen molar-refractivity contribution in [3.63, 3.8) is 0 Å². The molecule has 2 saturated heterocycles. The summed E-state index contributed by atoms with van der Waals surface area (Å²) in [7, 11) is 1.90. The van der Waals surface area contributed by atoms with Crippen LogP contribution in [-0.2, 0) is 11.3 Å². The van der Waals surface area contributed by atoms with Gasteiger partial charge in [-0.05, 0) is 45.3 Å². The Kier molecular flexibility index (Phi) is 4.87. The fourth-order valence-electron chi connectivity index (χ4n) is 3.52. The molecule has 1 aromatic rings. The van der Waals surface area contributed by atoms with Crippen LogP contribution >= 0.6 is 11.3 Å². The van der Waals surface area contributed by atoms with Gasteiger partial charge in [0, 0.05) is 18.5 Å². The number of nitrogens with one attached hydrogen (secondary N) is 1. The lowest BCUT2D eigenvalue weighted by Gasteiger charge is -2.36. The molecule has 116 valence electrons. The molecule has 0 bridgehead atoms. The quantitative estimate of drug-likeness (QED) is 0.911. The molecule has 1 N–H and O–H groups in total. The van der Waals surface area contributed by atoms with E-state index in [1.54, 1.807) is 11.3 Å². The van der Waals surface area contributed by atoms with Gasteiger partial charge in [-0.15, -0.1) is 11.3 Å². The third-order valence-corrected chi connectivity index (χ3v) is 5.25. The molecule has 0 aromatic carbocycles.